The second-order valence-electron chi connectivity index (χ2n) is 8.35. The Balaban J connectivity index is 0.000000380. The zero-order chi connectivity index (χ0) is 23.9. The van der Waals surface area contributed by atoms with Crippen LogP contribution in [-0.4, -0.2) is 32.6 Å². The topological polar surface area (TPSA) is 85.3 Å². The van der Waals surface area contributed by atoms with Gasteiger partial charge in [0.2, 0.25) is 11.8 Å². The van der Waals surface area contributed by atoms with E-state index in [9.17, 15) is 26.7 Å². The van der Waals surface area contributed by atoms with Crippen LogP contribution in [0.1, 0.15) is 76.1 Å². The summed E-state index contributed by atoms with van der Waals surface area (Å²) in [4.78, 5) is 16.1. The molecule has 180 valence electrons. The number of nitrogens with one attached hydrogen (secondary N) is 1. The molecule has 2 heterocycles. The molecule has 0 radical (unpaired) electrons. The molecule has 11 heteroatoms. The van der Waals surface area contributed by atoms with Crippen molar-refractivity contribution in [3.05, 3.63) is 29.7 Å². The summed E-state index contributed by atoms with van der Waals surface area (Å²) in [5.41, 5.74) is 7.48. The molecule has 1 saturated carbocycles. The minimum atomic E-state index is -4.35. The number of carbonyl (C=O) groups excluding carboxylic acids is 1. The number of nitrogens with zero attached hydrogens (tertiary/aromatic N) is 3. The van der Waals surface area contributed by atoms with Gasteiger partial charge in [0, 0.05) is 25.8 Å². The van der Waals surface area contributed by atoms with Crippen molar-refractivity contribution in [1.82, 2.24) is 19.9 Å². The summed E-state index contributed by atoms with van der Waals surface area (Å²) in [5, 5.41) is 6.86. The number of amides is 1. The molecule has 0 spiro atoms. The van der Waals surface area contributed by atoms with E-state index in [0.29, 0.717) is 29.7 Å². The van der Waals surface area contributed by atoms with Gasteiger partial charge in [-0.15, -0.1) is 0 Å². The molecule has 1 aliphatic rings. The van der Waals surface area contributed by atoms with Crippen LogP contribution in [0.3, 0.4) is 0 Å². The third-order valence-corrected chi connectivity index (χ3v) is 5.16. The van der Waals surface area contributed by atoms with Crippen molar-refractivity contribution in [2.24, 2.45) is 11.7 Å². The predicted octanol–water partition coefficient (Wildman–Crippen LogP) is 4.93. The highest BCUT2D eigenvalue weighted by atomic mass is 19.4. The van der Waals surface area contributed by atoms with Gasteiger partial charge < -0.3 is 11.1 Å². The van der Waals surface area contributed by atoms with Gasteiger partial charge in [0.05, 0.1) is 30.6 Å². The van der Waals surface area contributed by atoms with E-state index >= 15 is 0 Å². The van der Waals surface area contributed by atoms with E-state index in [0.717, 1.165) is 6.42 Å². The van der Waals surface area contributed by atoms with E-state index < -0.39 is 36.9 Å². The predicted molar refractivity (Wildman–Crippen MR) is 110 cm³/mol. The fourth-order valence-corrected chi connectivity index (χ4v) is 3.41. The molecule has 2 aromatic heterocycles. The normalized spacial score (nSPS) is 17.0. The Bertz CT molecular complexity index is 873. The average molecular weight is 463 g/mol. The maximum atomic E-state index is 12.2. The number of hydrogen-bond donors (Lipinski definition) is 2. The lowest BCUT2D eigenvalue weighted by Gasteiger charge is -2.22. The molecule has 1 fully saturated rings. The Morgan fingerprint density at radius 1 is 1.25 bits per heavy atom. The van der Waals surface area contributed by atoms with Crippen molar-refractivity contribution < 1.29 is 26.7 Å². The Morgan fingerprint density at radius 3 is 2.41 bits per heavy atom. The molecule has 0 aliphatic heterocycles. The standard InChI is InChI=1S/C15H20F3N5O.C6H10F2/c1-9(2)14(22-13(24)3-4-15(16,17)18)10-5-12-21-11(6-19)8-23(12)20-7-10;7-6(8)4-2-1-3-5-6/h5,7-9,14H,3-4,6,19H2,1-2H3,(H,22,24);1-5H2. The number of fused-ring (bicyclic) bond motifs is 1. The fourth-order valence-electron chi connectivity index (χ4n) is 3.41. The maximum absolute atomic E-state index is 12.2. The van der Waals surface area contributed by atoms with Crippen LogP contribution < -0.4 is 11.1 Å². The molecule has 0 saturated heterocycles. The second kappa shape index (κ2) is 11.0. The molecule has 0 aromatic carbocycles. The first-order chi connectivity index (χ1) is 14.9. The Hall–Kier alpha value is -2.30. The third-order valence-electron chi connectivity index (χ3n) is 5.16. The highest BCUT2D eigenvalue weighted by Gasteiger charge is 2.30. The number of imidazole rings is 1. The van der Waals surface area contributed by atoms with Gasteiger partial charge in [-0.05, 0) is 30.4 Å². The van der Waals surface area contributed by atoms with Crippen molar-refractivity contribution in [1.29, 1.82) is 0 Å². The molecular weight excluding hydrogens is 433 g/mol. The third kappa shape index (κ3) is 8.33. The van der Waals surface area contributed by atoms with Gasteiger partial charge in [0.25, 0.3) is 0 Å². The number of nitrogens with two attached hydrogens (primary N) is 1. The van der Waals surface area contributed by atoms with Crippen molar-refractivity contribution >= 4 is 11.6 Å². The summed E-state index contributed by atoms with van der Waals surface area (Å²) < 4.78 is 62.7. The molecule has 3 N–H and O–H groups in total. The van der Waals surface area contributed by atoms with Crippen molar-refractivity contribution in [2.75, 3.05) is 0 Å². The highest BCUT2D eigenvalue weighted by Crippen LogP contribution is 2.32. The summed E-state index contributed by atoms with van der Waals surface area (Å²) in [7, 11) is 0. The number of aromatic nitrogens is 3. The van der Waals surface area contributed by atoms with Crippen LogP contribution in [0.5, 0.6) is 0 Å². The van der Waals surface area contributed by atoms with Crippen molar-refractivity contribution in [2.45, 2.75) is 83.5 Å². The monoisotopic (exact) mass is 463 g/mol. The molecule has 32 heavy (non-hydrogen) atoms. The van der Waals surface area contributed by atoms with Crippen LogP contribution in [-0.2, 0) is 11.3 Å². The Kier molecular flexibility index (Phi) is 8.94. The van der Waals surface area contributed by atoms with Gasteiger partial charge >= 0.3 is 6.18 Å². The smallest absolute Gasteiger partial charge is 0.349 e. The van der Waals surface area contributed by atoms with E-state index in [1.165, 1.54) is 0 Å². The number of rotatable bonds is 6. The molecule has 3 rings (SSSR count). The zero-order valence-corrected chi connectivity index (χ0v) is 18.3. The SMILES string of the molecule is CC(C)C(NC(=O)CCC(F)(F)F)c1cnn2cc(CN)nc2c1.FC1(F)CCCCC1. The summed E-state index contributed by atoms with van der Waals surface area (Å²) in [6.45, 7) is 4.02. The van der Waals surface area contributed by atoms with E-state index in [1.807, 2.05) is 13.8 Å². The van der Waals surface area contributed by atoms with Gasteiger partial charge in [-0.3, -0.25) is 4.79 Å². The van der Waals surface area contributed by atoms with Gasteiger partial charge in [0.15, 0.2) is 5.65 Å². The van der Waals surface area contributed by atoms with Gasteiger partial charge in [-0.1, -0.05) is 20.3 Å². The minimum absolute atomic E-state index is 0.0203. The lowest BCUT2D eigenvalue weighted by atomic mass is 9.97. The molecular formula is C21H30F5N5O. The molecule has 0 bridgehead atoms. The van der Waals surface area contributed by atoms with Crippen LogP contribution in [0.4, 0.5) is 22.0 Å². The maximum Gasteiger partial charge on any atom is 0.389 e. The lowest BCUT2D eigenvalue weighted by Crippen LogP contribution is -2.32. The molecule has 1 atom stereocenters. The van der Waals surface area contributed by atoms with Crippen LogP contribution in [0.15, 0.2) is 18.5 Å². The van der Waals surface area contributed by atoms with Gasteiger partial charge in [-0.2, -0.15) is 18.3 Å². The van der Waals surface area contributed by atoms with Crippen molar-refractivity contribution in [3.8, 4) is 0 Å². The Morgan fingerprint density at radius 2 is 1.91 bits per heavy atom. The van der Waals surface area contributed by atoms with Crippen molar-refractivity contribution in [3.63, 3.8) is 0 Å². The van der Waals surface area contributed by atoms with E-state index in [2.05, 4.69) is 15.4 Å². The first kappa shape index (κ1) is 26.0. The van der Waals surface area contributed by atoms with Crippen LogP contribution in [0, 0.1) is 5.92 Å². The first-order valence-electron chi connectivity index (χ1n) is 10.7. The lowest BCUT2D eigenvalue weighted by molar-refractivity contribution is -0.144. The van der Waals surface area contributed by atoms with Gasteiger partial charge in [0.1, 0.15) is 0 Å². The summed E-state index contributed by atoms with van der Waals surface area (Å²) in [5.74, 6) is -2.98. The molecule has 1 amide bonds. The number of halogens is 5. The Labute approximate surface area is 183 Å². The largest absolute Gasteiger partial charge is 0.389 e. The fraction of sp³-hybridized carbons (Fsp3) is 0.667. The number of alkyl halides is 5. The summed E-state index contributed by atoms with van der Waals surface area (Å²) in [6, 6.07) is 1.31. The summed E-state index contributed by atoms with van der Waals surface area (Å²) >= 11 is 0. The average Bonchev–Trinajstić information content (AvgIpc) is 3.12. The summed E-state index contributed by atoms with van der Waals surface area (Å²) in [6.07, 6.45) is -0.144. The van der Waals surface area contributed by atoms with Crippen LogP contribution >= 0.6 is 0 Å². The minimum Gasteiger partial charge on any atom is -0.349 e. The zero-order valence-electron chi connectivity index (χ0n) is 18.3. The second-order valence-corrected chi connectivity index (χ2v) is 8.35. The van der Waals surface area contributed by atoms with Crippen LogP contribution in [0.2, 0.25) is 0 Å². The molecule has 1 aliphatic carbocycles. The van der Waals surface area contributed by atoms with E-state index in [1.54, 1.807) is 23.0 Å². The van der Waals surface area contributed by atoms with Crippen LogP contribution in [0.25, 0.3) is 5.65 Å². The molecule has 6 nitrogen and oxygen atoms in total. The number of hydrogen-bond acceptors (Lipinski definition) is 4. The molecule has 1 unspecified atom stereocenters. The number of carbonyl (C=O) groups is 1. The quantitative estimate of drug-likeness (QED) is 0.595. The highest BCUT2D eigenvalue weighted by molar-refractivity contribution is 5.76. The van der Waals surface area contributed by atoms with E-state index in [-0.39, 0.29) is 25.3 Å². The first-order valence-corrected chi connectivity index (χ1v) is 10.7. The van der Waals surface area contributed by atoms with E-state index in [4.69, 9.17) is 5.73 Å². The molecule has 2 aromatic rings. The van der Waals surface area contributed by atoms with Gasteiger partial charge in [-0.25, -0.2) is 18.3 Å².